The quantitative estimate of drug-likeness (QED) is 0.602. The molecule has 0 N–H and O–H groups in total. The zero-order chi connectivity index (χ0) is 9.42. The standard InChI is InChI=1S/C10H10N2O/c1-7-3-4-9-8(5-7)6-11-10(13)12(9)2/h3-6H,1-2H3. The van der Waals surface area contributed by atoms with Crippen molar-refractivity contribution in [2.75, 3.05) is 0 Å². The Morgan fingerprint density at radius 3 is 2.92 bits per heavy atom. The molecule has 0 saturated heterocycles. The molecule has 2 aromatic rings. The van der Waals surface area contributed by atoms with Crippen LogP contribution in [0.5, 0.6) is 0 Å². The Kier molecular flexibility index (Phi) is 1.65. The molecule has 0 radical (unpaired) electrons. The van der Waals surface area contributed by atoms with Gasteiger partial charge in [-0.3, -0.25) is 4.57 Å². The highest BCUT2D eigenvalue weighted by atomic mass is 16.1. The van der Waals surface area contributed by atoms with Crippen molar-refractivity contribution in [1.29, 1.82) is 0 Å². The van der Waals surface area contributed by atoms with Gasteiger partial charge < -0.3 is 0 Å². The molecule has 0 saturated carbocycles. The van der Waals surface area contributed by atoms with Crippen LogP contribution >= 0.6 is 0 Å². The van der Waals surface area contributed by atoms with E-state index in [1.165, 1.54) is 5.56 Å². The third-order valence-corrected chi connectivity index (χ3v) is 2.15. The van der Waals surface area contributed by atoms with Crippen LogP contribution in [-0.2, 0) is 7.05 Å². The molecule has 3 heteroatoms. The molecule has 0 unspecified atom stereocenters. The largest absolute Gasteiger partial charge is 0.347 e. The summed E-state index contributed by atoms with van der Waals surface area (Å²) in [6.07, 6.45) is 1.62. The van der Waals surface area contributed by atoms with Gasteiger partial charge in [0.25, 0.3) is 0 Å². The van der Waals surface area contributed by atoms with E-state index in [9.17, 15) is 4.79 Å². The molecule has 0 aliphatic rings. The predicted molar refractivity (Wildman–Crippen MR) is 51.7 cm³/mol. The maximum Gasteiger partial charge on any atom is 0.347 e. The molecule has 0 aliphatic heterocycles. The second kappa shape index (κ2) is 2.69. The van der Waals surface area contributed by atoms with Crippen molar-refractivity contribution < 1.29 is 0 Å². The molecule has 0 fully saturated rings. The summed E-state index contributed by atoms with van der Waals surface area (Å²) in [5.41, 5.74) is 1.88. The van der Waals surface area contributed by atoms with Gasteiger partial charge in [-0.2, -0.15) is 0 Å². The first kappa shape index (κ1) is 7.98. The maximum atomic E-state index is 11.2. The van der Waals surface area contributed by atoms with E-state index < -0.39 is 0 Å². The van der Waals surface area contributed by atoms with E-state index in [0.29, 0.717) is 0 Å². The topological polar surface area (TPSA) is 34.9 Å². The highest BCUT2D eigenvalue weighted by Crippen LogP contribution is 2.11. The monoisotopic (exact) mass is 174 g/mol. The number of benzene rings is 1. The van der Waals surface area contributed by atoms with E-state index in [1.807, 2.05) is 25.1 Å². The Labute approximate surface area is 75.7 Å². The van der Waals surface area contributed by atoms with Crippen molar-refractivity contribution >= 4 is 10.9 Å². The molecule has 0 bridgehead atoms. The normalized spacial score (nSPS) is 10.6. The molecule has 0 atom stereocenters. The van der Waals surface area contributed by atoms with Gasteiger partial charge in [0.15, 0.2) is 0 Å². The van der Waals surface area contributed by atoms with Crippen LogP contribution in [0.25, 0.3) is 10.9 Å². The van der Waals surface area contributed by atoms with Gasteiger partial charge in [-0.25, -0.2) is 9.78 Å². The summed E-state index contributed by atoms with van der Waals surface area (Å²) in [6, 6.07) is 5.94. The summed E-state index contributed by atoms with van der Waals surface area (Å²) in [5.74, 6) is 0. The molecule has 13 heavy (non-hydrogen) atoms. The fourth-order valence-electron chi connectivity index (χ4n) is 1.40. The Balaban J connectivity index is 2.95. The minimum Gasteiger partial charge on any atom is -0.295 e. The molecule has 0 amide bonds. The maximum absolute atomic E-state index is 11.2. The molecule has 3 nitrogen and oxygen atoms in total. The van der Waals surface area contributed by atoms with Crippen LogP contribution in [0.2, 0.25) is 0 Å². The van der Waals surface area contributed by atoms with Crippen molar-refractivity contribution in [3.8, 4) is 0 Å². The third kappa shape index (κ3) is 1.22. The number of rotatable bonds is 0. The molecule has 66 valence electrons. The van der Waals surface area contributed by atoms with Crippen molar-refractivity contribution in [2.45, 2.75) is 6.92 Å². The van der Waals surface area contributed by atoms with E-state index in [0.717, 1.165) is 10.9 Å². The van der Waals surface area contributed by atoms with Gasteiger partial charge in [0, 0.05) is 18.6 Å². The van der Waals surface area contributed by atoms with Crippen LogP contribution < -0.4 is 5.69 Å². The molecule has 0 spiro atoms. The molecular weight excluding hydrogens is 164 g/mol. The van der Waals surface area contributed by atoms with Gasteiger partial charge in [0.1, 0.15) is 0 Å². The molecular formula is C10H10N2O. The van der Waals surface area contributed by atoms with Gasteiger partial charge in [-0.15, -0.1) is 0 Å². The fraction of sp³-hybridized carbons (Fsp3) is 0.200. The van der Waals surface area contributed by atoms with Crippen LogP contribution in [-0.4, -0.2) is 9.55 Å². The van der Waals surface area contributed by atoms with Gasteiger partial charge in [0.2, 0.25) is 0 Å². The Morgan fingerprint density at radius 1 is 1.38 bits per heavy atom. The van der Waals surface area contributed by atoms with Crippen LogP contribution in [0, 0.1) is 6.92 Å². The fourth-order valence-corrected chi connectivity index (χ4v) is 1.40. The first-order valence-electron chi connectivity index (χ1n) is 4.11. The summed E-state index contributed by atoms with van der Waals surface area (Å²) in [4.78, 5) is 14.9. The summed E-state index contributed by atoms with van der Waals surface area (Å²) >= 11 is 0. The zero-order valence-corrected chi connectivity index (χ0v) is 7.61. The summed E-state index contributed by atoms with van der Waals surface area (Å²) in [5, 5.41) is 1.00. The predicted octanol–water partition coefficient (Wildman–Crippen LogP) is 1.24. The summed E-state index contributed by atoms with van der Waals surface area (Å²) in [6.45, 7) is 2.02. The van der Waals surface area contributed by atoms with Gasteiger partial charge in [-0.1, -0.05) is 11.6 Å². The minimum absolute atomic E-state index is 0.212. The first-order chi connectivity index (χ1) is 6.18. The average Bonchev–Trinajstić information content (AvgIpc) is 2.12. The van der Waals surface area contributed by atoms with Crippen molar-refractivity contribution in [1.82, 2.24) is 9.55 Å². The Morgan fingerprint density at radius 2 is 2.15 bits per heavy atom. The smallest absolute Gasteiger partial charge is 0.295 e. The zero-order valence-electron chi connectivity index (χ0n) is 7.61. The number of hydrogen-bond acceptors (Lipinski definition) is 2. The minimum atomic E-state index is -0.212. The van der Waals surface area contributed by atoms with Crippen LogP contribution in [0.3, 0.4) is 0 Å². The van der Waals surface area contributed by atoms with Gasteiger partial charge in [-0.05, 0) is 19.1 Å². The highest BCUT2D eigenvalue weighted by molar-refractivity contribution is 5.78. The second-order valence-electron chi connectivity index (χ2n) is 3.16. The van der Waals surface area contributed by atoms with Crippen molar-refractivity contribution in [3.63, 3.8) is 0 Å². The van der Waals surface area contributed by atoms with E-state index in [-0.39, 0.29) is 5.69 Å². The van der Waals surface area contributed by atoms with E-state index in [2.05, 4.69) is 4.98 Å². The number of nitrogens with zero attached hydrogens (tertiary/aromatic N) is 2. The number of aryl methyl sites for hydroxylation is 2. The van der Waals surface area contributed by atoms with E-state index >= 15 is 0 Å². The lowest BCUT2D eigenvalue weighted by atomic mass is 10.2. The van der Waals surface area contributed by atoms with Crippen LogP contribution in [0.15, 0.2) is 29.2 Å². The van der Waals surface area contributed by atoms with E-state index in [4.69, 9.17) is 0 Å². The lowest BCUT2D eigenvalue weighted by molar-refractivity contribution is 0.852. The van der Waals surface area contributed by atoms with Crippen LogP contribution in [0.1, 0.15) is 5.56 Å². The summed E-state index contributed by atoms with van der Waals surface area (Å²) in [7, 11) is 1.73. The molecule has 0 aliphatic carbocycles. The van der Waals surface area contributed by atoms with Crippen LogP contribution in [0.4, 0.5) is 0 Å². The lowest BCUT2D eigenvalue weighted by Gasteiger charge is -2.03. The first-order valence-corrected chi connectivity index (χ1v) is 4.11. The number of fused-ring (bicyclic) bond motifs is 1. The third-order valence-electron chi connectivity index (χ3n) is 2.15. The Hall–Kier alpha value is -1.64. The van der Waals surface area contributed by atoms with Crippen molar-refractivity contribution in [2.24, 2.45) is 7.05 Å². The Bertz CT molecular complexity index is 514. The summed E-state index contributed by atoms with van der Waals surface area (Å²) < 4.78 is 1.55. The molecule has 2 rings (SSSR count). The molecule has 1 aromatic heterocycles. The average molecular weight is 174 g/mol. The highest BCUT2D eigenvalue weighted by Gasteiger charge is 1.98. The van der Waals surface area contributed by atoms with Gasteiger partial charge in [0.05, 0.1) is 5.52 Å². The molecule has 1 heterocycles. The molecule has 1 aromatic carbocycles. The SMILES string of the molecule is Cc1ccc2c(cnc(=O)n2C)c1. The number of aromatic nitrogens is 2. The van der Waals surface area contributed by atoms with Crippen molar-refractivity contribution in [3.05, 3.63) is 40.4 Å². The van der Waals surface area contributed by atoms with E-state index in [1.54, 1.807) is 17.8 Å². The number of hydrogen-bond donors (Lipinski definition) is 0. The lowest BCUT2D eigenvalue weighted by Crippen LogP contribution is -2.19. The second-order valence-corrected chi connectivity index (χ2v) is 3.16. The van der Waals surface area contributed by atoms with Gasteiger partial charge >= 0.3 is 5.69 Å².